The summed E-state index contributed by atoms with van der Waals surface area (Å²) in [6, 6.07) is 15.0. The predicted octanol–water partition coefficient (Wildman–Crippen LogP) is 4.15. The van der Waals surface area contributed by atoms with Gasteiger partial charge in [0, 0.05) is 24.7 Å². The molecule has 5 rings (SSSR count). The van der Waals surface area contributed by atoms with E-state index in [0.717, 1.165) is 54.8 Å². The normalized spacial score (nSPS) is 19.8. The van der Waals surface area contributed by atoms with Crippen LogP contribution in [0.15, 0.2) is 59.6 Å². The second-order valence-electron chi connectivity index (χ2n) is 9.35. The van der Waals surface area contributed by atoms with E-state index in [1.165, 1.54) is 29.7 Å². The number of nitrogens with zero attached hydrogens (tertiary/aromatic N) is 2. The van der Waals surface area contributed by atoms with E-state index in [1.54, 1.807) is 12.1 Å². The Kier molecular flexibility index (Phi) is 5.40. The maximum Gasteiger partial charge on any atom is 0.268 e. The van der Waals surface area contributed by atoms with Crippen LogP contribution in [-0.2, 0) is 16.6 Å². The van der Waals surface area contributed by atoms with Crippen LogP contribution in [0.4, 0.5) is 0 Å². The molecule has 164 valence electrons. The molecule has 3 aromatic rings. The fraction of sp³-hybridized carbons (Fsp3) is 0.440. The molecule has 2 aliphatic rings. The molecule has 0 radical (unpaired) electrons. The Bertz CT molecular complexity index is 1170. The van der Waals surface area contributed by atoms with E-state index in [1.807, 2.05) is 43.5 Å². The van der Waals surface area contributed by atoms with Crippen molar-refractivity contribution >= 4 is 20.9 Å². The lowest BCUT2D eigenvalue weighted by Crippen LogP contribution is -2.48. The summed E-state index contributed by atoms with van der Waals surface area (Å²) in [5, 5.41) is 4.53. The Balaban J connectivity index is 1.49. The zero-order valence-corrected chi connectivity index (χ0v) is 19.0. The quantitative estimate of drug-likeness (QED) is 0.666. The molecule has 2 fully saturated rings. The maximum absolute atomic E-state index is 13.4. The molecule has 2 aliphatic heterocycles. The number of likely N-dealkylation sites (tertiary alicyclic amines) is 1. The summed E-state index contributed by atoms with van der Waals surface area (Å²) in [7, 11) is -3.64. The molecule has 3 heterocycles. The minimum Gasteiger partial charge on any atom is -0.317 e. The Morgan fingerprint density at radius 1 is 1.00 bits per heavy atom. The van der Waals surface area contributed by atoms with Gasteiger partial charge in [0.15, 0.2) is 0 Å². The van der Waals surface area contributed by atoms with E-state index in [0.29, 0.717) is 10.3 Å². The van der Waals surface area contributed by atoms with Crippen LogP contribution in [0.25, 0.3) is 10.9 Å². The van der Waals surface area contributed by atoms with Gasteiger partial charge in [-0.2, -0.15) is 0 Å². The fourth-order valence-corrected chi connectivity index (χ4v) is 6.81. The van der Waals surface area contributed by atoms with E-state index < -0.39 is 10.0 Å². The highest BCUT2D eigenvalue weighted by molar-refractivity contribution is 7.90. The molecule has 2 aromatic carbocycles. The second kappa shape index (κ2) is 8.08. The van der Waals surface area contributed by atoms with Crippen molar-refractivity contribution in [1.82, 2.24) is 14.2 Å². The average Bonchev–Trinajstić information content (AvgIpc) is 3.14. The van der Waals surface area contributed by atoms with Gasteiger partial charge in [-0.15, -0.1) is 0 Å². The van der Waals surface area contributed by atoms with E-state index in [9.17, 15) is 8.42 Å². The zero-order chi connectivity index (χ0) is 21.5. The molecule has 0 unspecified atom stereocenters. The summed E-state index contributed by atoms with van der Waals surface area (Å²) in [5.41, 5.74) is 3.33. The number of piperidine rings is 2. The summed E-state index contributed by atoms with van der Waals surface area (Å²) in [6.07, 6.45) is 6.87. The minimum absolute atomic E-state index is 0.331. The van der Waals surface area contributed by atoms with Crippen LogP contribution in [-0.4, -0.2) is 43.5 Å². The Morgan fingerprint density at radius 2 is 1.74 bits per heavy atom. The van der Waals surface area contributed by atoms with Crippen molar-refractivity contribution in [2.24, 2.45) is 5.41 Å². The lowest BCUT2D eigenvalue weighted by Gasteiger charge is -2.45. The molecule has 0 amide bonds. The van der Waals surface area contributed by atoms with Crippen molar-refractivity contribution in [3.8, 4) is 0 Å². The van der Waals surface area contributed by atoms with Crippen LogP contribution < -0.4 is 5.32 Å². The lowest BCUT2D eigenvalue weighted by molar-refractivity contribution is 0.0554. The van der Waals surface area contributed by atoms with Gasteiger partial charge < -0.3 is 5.32 Å². The number of aryl methyl sites for hydroxylation is 1. The third-order valence-corrected chi connectivity index (χ3v) is 8.82. The van der Waals surface area contributed by atoms with Gasteiger partial charge in [0.2, 0.25) is 0 Å². The van der Waals surface area contributed by atoms with Crippen molar-refractivity contribution in [1.29, 1.82) is 0 Å². The Morgan fingerprint density at radius 3 is 2.52 bits per heavy atom. The van der Waals surface area contributed by atoms with Crippen LogP contribution >= 0.6 is 0 Å². The molecule has 1 N–H and O–H groups in total. The SMILES string of the molecule is Cc1ccc(S(=O)(=O)n2cc(CN3CCCC4(CCNCC4)C3)c3ccccc32)cc1. The van der Waals surface area contributed by atoms with E-state index in [-0.39, 0.29) is 0 Å². The van der Waals surface area contributed by atoms with Gasteiger partial charge in [0.25, 0.3) is 10.0 Å². The van der Waals surface area contributed by atoms with Gasteiger partial charge in [0.05, 0.1) is 10.4 Å². The number of hydrogen-bond donors (Lipinski definition) is 1. The first kappa shape index (κ1) is 20.7. The van der Waals surface area contributed by atoms with Gasteiger partial charge >= 0.3 is 0 Å². The van der Waals surface area contributed by atoms with Crippen LogP contribution in [0.2, 0.25) is 0 Å². The number of rotatable bonds is 4. The molecule has 0 aliphatic carbocycles. The summed E-state index contributed by atoms with van der Waals surface area (Å²) in [5.74, 6) is 0. The Hall–Kier alpha value is -2.15. The molecule has 6 heteroatoms. The van der Waals surface area contributed by atoms with Gasteiger partial charge in [-0.3, -0.25) is 4.90 Å². The monoisotopic (exact) mass is 437 g/mol. The van der Waals surface area contributed by atoms with Gasteiger partial charge in [-0.05, 0) is 81.4 Å². The van der Waals surface area contributed by atoms with E-state index in [4.69, 9.17) is 0 Å². The predicted molar refractivity (Wildman–Crippen MR) is 125 cm³/mol. The minimum atomic E-state index is -3.64. The smallest absolute Gasteiger partial charge is 0.268 e. The number of hydrogen-bond acceptors (Lipinski definition) is 4. The molecular formula is C25H31N3O2S. The number of aromatic nitrogens is 1. The first-order valence-corrected chi connectivity index (χ1v) is 12.8. The van der Waals surface area contributed by atoms with Gasteiger partial charge in [0.1, 0.15) is 0 Å². The van der Waals surface area contributed by atoms with Crippen LogP contribution in [0, 0.1) is 12.3 Å². The van der Waals surface area contributed by atoms with Crippen molar-refractivity contribution < 1.29 is 8.42 Å². The topological polar surface area (TPSA) is 54.3 Å². The summed E-state index contributed by atoms with van der Waals surface area (Å²) >= 11 is 0. The third kappa shape index (κ3) is 3.93. The standard InChI is InChI=1S/C25H31N3O2S/c1-20-7-9-22(10-8-20)31(29,30)28-18-21(23-5-2-3-6-24(23)28)17-27-16-4-11-25(19-27)12-14-26-15-13-25/h2-3,5-10,18,26H,4,11-17,19H2,1H3. The number of para-hydroxylation sites is 1. The lowest BCUT2D eigenvalue weighted by atomic mass is 9.73. The maximum atomic E-state index is 13.4. The van der Waals surface area contributed by atoms with Crippen molar-refractivity contribution in [3.05, 3.63) is 65.9 Å². The molecule has 0 saturated carbocycles. The molecular weight excluding hydrogens is 406 g/mol. The molecule has 0 atom stereocenters. The zero-order valence-electron chi connectivity index (χ0n) is 18.2. The second-order valence-corrected chi connectivity index (χ2v) is 11.2. The van der Waals surface area contributed by atoms with Crippen LogP contribution in [0.3, 0.4) is 0 Å². The number of nitrogens with one attached hydrogen (secondary N) is 1. The average molecular weight is 438 g/mol. The molecule has 0 bridgehead atoms. The molecule has 5 nitrogen and oxygen atoms in total. The number of benzene rings is 2. The molecule has 2 saturated heterocycles. The highest BCUT2D eigenvalue weighted by atomic mass is 32.2. The summed E-state index contributed by atoms with van der Waals surface area (Å²) < 4.78 is 28.4. The molecule has 1 aromatic heterocycles. The Labute approximate surface area is 185 Å². The third-order valence-electron chi connectivity index (χ3n) is 7.14. The summed E-state index contributed by atoms with van der Waals surface area (Å²) in [6.45, 7) is 7.18. The largest absolute Gasteiger partial charge is 0.317 e. The van der Waals surface area contributed by atoms with Gasteiger partial charge in [-0.1, -0.05) is 35.9 Å². The van der Waals surface area contributed by atoms with Gasteiger partial charge in [-0.25, -0.2) is 12.4 Å². The molecule has 1 spiro atoms. The highest BCUT2D eigenvalue weighted by Gasteiger charge is 2.36. The highest BCUT2D eigenvalue weighted by Crippen LogP contribution is 2.39. The van der Waals surface area contributed by atoms with Crippen molar-refractivity contribution in [2.45, 2.75) is 44.0 Å². The molecule has 31 heavy (non-hydrogen) atoms. The first-order chi connectivity index (χ1) is 15.0. The number of fused-ring (bicyclic) bond motifs is 1. The van der Waals surface area contributed by atoms with Crippen LogP contribution in [0.1, 0.15) is 36.8 Å². The van der Waals surface area contributed by atoms with E-state index in [2.05, 4.69) is 16.3 Å². The first-order valence-electron chi connectivity index (χ1n) is 11.3. The van der Waals surface area contributed by atoms with Crippen molar-refractivity contribution in [2.75, 3.05) is 26.2 Å². The summed E-state index contributed by atoms with van der Waals surface area (Å²) in [4.78, 5) is 2.87. The van der Waals surface area contributed by atoms with Crippen LogP contribution in [0.5, 0.6) is 0 Å². The van der Waals surface area contributed by atoms with Crippen molar-refractivity contribution in [3.63, 3.8) is 0 Å². The fourth-order valence-electron chi connectivity index (χ4n) is 5.42. The van der Waals surface area contributed by atoms with E-state index >= 15 is 0 Å².